The van der Waals surface area contributed by atoms with Crippen molar-refractivity contribution in [3.8, 4) is 0 Å². The zero-order valence-corrected chi connectivity index (χ0v) is 7.00. The maximum Gasteiger partial charge on any atom is 0.359 e. The van der Waals surface area contributed by atoms with E-state index in [0.29, 0.717) is 0 Å². The number of nitrogens with one attached hydrogen (secondary N) is 2. The van der Waals surface area contributed by atoms with Crippen molar-refractivity contribution in [3.05, 3.63) is 0 Å². The fourth-order valence-electron chi connectivity index (χ4n) is 0.364. The number of carbonyl (C=O) groups is 2. The van der Waals surface area contributed by atoms with Crippen molar-refractivity contribution in [3.63, 3.8) is 0 Å². The third-order valence-electron chi connectivity index (χ3n) is 0.783. The second kappa shape index (κ2) is 5.11. The first kappa shape index (κ1) is 10.4. The van der Waals surface area contributed by atoms with Gasteiger partial charge < -0.3 is 5.73 Å². The molecule has 0 saturated carbocycles. The van der Waals surface area contributed by atoms with Gasteiger partial charge in [-0.05, 0) is 5.92 Å². The molecule has 4 amide bonds. The molecule has 6 heteroatoms. The first-order valence-corrected chi connectivity index (χ1v) is 3.42. The van der Waals surface area contributed by atoms with Crippen LogP contribution in [-0.2, 0) is 0 Å². The van der Waals surface area contributed by atoms with Gasteiger partial charge in [0.15, 0.2) is 0 Å². The molecule has 0 aromatic carbocycles. The van der Waals surface area contributed by atoms with E-state index in [0.717, 1.165) is 0 Å². The maximum absolute atomic E-state index is 10.7. The lowest BCUT2D eigenvalue weighted by molar-refractivity contribution is 0.233. The number of urea groups is 2. The van der Waals surface area contributed by atoms with E-state index in [9.17, 15) is 9.59 Å². The highest BCUT2D eigenvalue weighted by atomic mass is 16.2. The SMILES string of the molecule is CC(C)C=NC(=O)NNC(N)=O. The van der Waals surface area contributed by atoms with Crippen molar-refractivity contribution in [1.82, 2.24) is 10.9 Å². The smallest absolute Gasteiger partial charge is 0.350 e. The summed E-state index contributed by atoms with van der Waals surface area (Å²) in [6.45, 7) is 3.75. The van der Waals surface area contributed by atoms with E-state index in [-0.39, 0.29) is 5.92 Å². The third-order valence-corrected chi connectivity index (χ3v) is 0.783. The van der Waals surface area contributed by atoms with Crippen LogP contribution in [0.4, 0.5) is 9.59 Å². The lowest BCUT2D eigenvalue weighted by Gasteiger charge is -1.99. The van der Waals surface area contributed by atoms with Crippen LogP contribution in [-0.4, -0.2) is 18.3 Å². The Balaban J connectivity index is 3.67. The van der Waals surface area contributed by atoms with Gasteiger partial charge in [-0.25, -0.2) is 25.4 Å². The number of hydrogen-bond acceptors (Lipinski definition) is 2. The molecule has 0 aromatic heterocycles. The Hall–Kier alpha value is -1.59. The molecule has 12 heavy (non-hydrogen) atoms. The summed E-state index contributed by atoms with van der Waals surface area (Å²) in [5.41, 5.74) is 8.55. The standard InChI is InChI=1S/C6H12N4O2/c1-4(2)3-8-6(12)10-9-5(7)11/h3-4H,1-2H3,(H,10,12)(H3,7,9,11). The Kier molecular flexibility index (Phi) is 4.43. The molecule has 4 N–H and O–H groups in total. The quantitative estimate of drug-likeness (QED) is 0.383. The van der Waals surface area contributed by atoms with Crippen LogP contribution in [0.25, 0.3) is 0 Å². The summed E-state index contributed by atoms with van der Waals surface area (Å²) in [6, 6.07) is -1.48. The fourth-order valence-corrected chi connectivity index (χ4v) is 0.364. The van der Waals surface area contributed by atoms with Crippen molar-refractivity contribution in [2.45, 2.75) is 13.8 Å². The summed E-state index contributed by atoms with van der Waals surface area (Å²) in [4.78, 5) is 24.2. The number of nitrogens with two attached hydrogens (primary N) is 1. The van der Waals surface area contributed by atoms with Gasteiger partial charge in [-0.1, -0.05) is 13.8 Å². The van der Waals surface area contributed by atoms with Crippen LogP contribution in [0.5, 0.6) is 0 Å². The Morgan fingerprint density at radius 3 is 2.42 bits per heavy atom. The van der Waals surface area contributed by atoms with E-state index in [2.05, 4.69) is 10.7 Å². The van der Waals surface area contributed by atoms with Crippen LogP contribution in [0.3, 0.4) is 0 Å². The first-order chi connectivity index (χ1) is 5.52. The number of carbonyl (C=O) groups excluding carboxylic acids is 2. The fraction of sp³-hybridized carbons (Fsp3) is 0.500. The summed E-state index contributed by atoms with van der Waals surface area (Å²) >= 11 is 0. The zero-order valence-electron chi connectivity index (χ0n) is 7.00. The van der Waals surface area contributed by atoms with Crippen molar-refractivity contribution in [1.29, 1.82) is 0 Å². The van der Waals surface area contributed by atoms with Crippen molar-refractivity contribution < 1.29 is 9.59 Å². The molecule has 0 atom stereocenters. The highest BCUT2D eigenvalue weighted by molar-refractivity contribution is 5.85. The minimum Gasteiger partial charge on any atom is -0.350 e. The predicted molar refractivity (Wildman–Crippen MR) is 44.6 cm³/mol. The summed E-state index contributed by atoms with van der Waals surface area (Å²) in [6.07, 6.45) is 1.46. The summed E-state index contributed by atoms with van der Waals surface area (Å²) in [5.74, 6) is 0.185. The van der Waals surface area contributed by atoms with Gasteiger partial charge in [0.2, 0.25) is 0 Å². The number of primary amides is 1. The van der Waals surface area contributed by atoms with Gasteiger partial charge in [-0.3, -0.25) is 0 Å². The van der Waals surface area contributed by atoms with Crippen LogP contribution in [0, 0.1) is 5.92 Å². The Labute approximate surface area is 70.2 Å². The van der Waals surface area contributed by atoms with Gasteiger partial charge in [0.05, 0.1) is 0 Å². The van der Waals surface area contributed by atoms with E-state index in [4.69, 9.17) is 0 Å². The second-order valence-corrected chi connectivity index (χ2v) is 2.44. The molecule has 6 nitrogen and oxygen atoms in total. The van der Waals surface area contributed by atoms with E-state index >= 15 is 0 Å². The van der Waals surface area contributed by atoms with E-state index in [1.165, 1.54) is 6.21 Å². The van der Waals surface area contributed by atoms with Crippen LogP contribution >= 0.6 is 0 Å². The third kappa shape index (κ3) is 6.53. The van der Waals surface area contributed by atoms with E-state index < -0.39 is 12.1 Å². The number of hydrogen-bond donors (Lipinski definition) is 3. The van der Waals surface area contributed by atoms with Crippen molar-refractivity contribution in [2.75, 3.05) is 0 Å². The highest BCUT2D eigenvalue weighted by Crippen LogP contribution is 1.84. The molecule has 0 aliphatic heterocycles. The Morgan fingerprint density at radius 1 is 1.42 bits per heavy atom. The minimum absolute atomic E-state index is 0.185. The highest BCUT2D eigenvalue weighted by Gasteiger charge is 1.96. The first-order valence-electron chi connectivity index (χ1n) is 3.42. The average Bonchev–Trinajstić information content (AvgIpc) is 1.96. The monoisotopic (exact) mass is 172 g/mol. The van der Waals surface area contributed by atoms with E-state index in [1.807, 2.05) is 24.7 Å². The van der Waals surface area contributed by atoms with Crippen LogP contribution in [0.15, 0.2) is 4.99 Å². The number of hydrazine groups is 1. The molecule has 0 aliphatic carbocycles. The zero-order chi connectivity index (χ0) is 9.56. The summed E-state index contributed by atoms with van der Waals surface area (Å²) in [7, 11) is 0. The molecule has 0 aromatic rings. The normalized spacial score (nSPS) is 10.2. The predicted octanol–water partition coefficient (Wildman–Crippen LogP) is 0.00610. The van der Waals surface area contributed by atoms with Crippen LogP contribution in [0.2, 0.25) is 0 Å². The molecule has 0 heterocycles. The molecule has 0 fully saturated rings. The molecule has 0 unspecified atom stereocenters. The lowest BCUT2D eigenvalue weighted by atomic mass is 10.3. The molecule has 68 valence electrons. The summed E-state index contributed by atoms with van der Waals surface area (Å²) < 4.78 is 0. The molecule has 0 aliphatic rings. The van der Waals surface area contributed by atoms with Gasteiger partial charge in [-0.15, -0.1) is 0 Å². The minimum atomic E-state index is -0.830. The van der Waals surface area contributed by atoms with Crippen LogP contribution < -0.4 is 16.6 Å². The van der Waals surface area contributed by atoms with Crippen molar-refractivity contribution >= 4 is 18.3 Å². The lowest BCUT2D eigenvalue weighted by Crippen LogP contribution is -2.43. The topological polar surface area (TPSA) is 96.6 Å². The largest absolute Gasteiger partial charge is 0.359 e. The van der Waals surface area contributed by atoms with E-state index in [1.54, 1.807) is 0 Å². The van der Waals surface area contributed by atoms with Gasteiger partial charge in [0.25, 0.3) is 0 Å². The maximum atomic E-state index is 10.7. The Bertz CT molecular complexity index is 200. The number of amides is 4. The van der Waals surface area contributed by atoms with Gasteiger partial charge in [0, 0.05) is 6.21 Å². The molecular weight excluding hydrogens is 160 g/mol. The number of rotatable bonds is 1. The number of nitrogens with zero attached hydrogens (tertiary/aromatic N) is 1. The molecule has 0 saturated heterocycles. The van der Waals surface area contributed by atoms with Gasteiger partial charge in [-0.2, -0.15) is 0 Å². The Morgan fingerprint density at radius 2 is 2.00 bits per heavy atom. The summed E-state index contributed by atoms with van der Waals surface area (Å²) in [5, 5.41) is 0. The van der Waals surface area contributed by atoms with Crippen LogP contribution in [0.1, 0.15) is 13.8 Å². The molecule has 0 spiro atoms. The number of aliphatic imine (C=N–C) groups is 1. The van der Waals surface area contributed by atoms with Gasteiger partial charge >= 0.3 is 12.1 Å². The molecule has 0 bridgehead atoms. The molecule has 0 radical (unpaired) electrons. The molecular formula is C6H12N4O2. The average molecular weight is 172 g/mol. The second-order valence-electron chi connectivity index (χ2n) is 2.44. The van der Waals surface area contributed by atoms with Crippen molar-refractivity contribution in [2.24, 2.45) is 16.6 Å². The molecule has 0 rings (SSSR count). The van der Waals surface area contributed by atoms with Gasteiger partial charge in [0.1, 0.15) is 0 Å².